The topological polar surface area (TPSA) is 117 Å². The zero-order chi connectivity index (χ0) is 18.5. The molecule has 1 aromatic carbocycles. The summed E-state index contributed by atoms with van der Waals surface area (Å²) in [6.07, 6.45) is 2.04. The van der Waals surface area contributed by atoms with Gasteiger partial charge in [0.2, 0.25) is 0 Å². The second-order valence-corrected chi connectivity index (χ2v) is 5.68. The highest BCUT2D eigenvalue weighted by Crippen LogP contribution is 2.34. The van der Waals surface area contributed by atoms with Crippen LogP contribution in [-0.2, 0) is 16.1 Å². The molecule has 1 aliphatic carbocycles. The molecule has 0 atom stereocenters. The number of ether oxygens (including phenoxy) is 3. The Hall–Kier alpha value is -3.17. The van der Waals surface area contributed by atoms with Gasteiger partial charge in [0.1, 0.15) is 6.54 Å². The summed E-state index contributed by atoms with van der Waals surface area (Å²) in [5.41, 5.74) is 0.341. The predicted molar refractivity (Wildman–Crippen MR) is 87.8 cm³/mol. The highest BCUT2D eigenvalue weighted by Gasteiger charge is 2.28. The Morgan fingerprint density at radius 1 is 1.23 bits per heavy atom. The minimum atomic E-state index is -0.579. The Kier molecular flexibility index (Phi) is 5.30. The maximum Gasteiger partial charge on any atom is 0.325 e. The smallest absolute Gasteiger partial charge is 0.325 e. The summed E-state index contributed by atoms with van der Waals surface area (Å²) in [6, 6.07) is 5.02. The van der Waals surface area contributed by atoms with Crippen LogP contribution in [0.2, 0.25) is 0 Å². The van der Waals surface area contributed by atoms with Crippen molar-refractivity contribution in [1.82, 2.24) is 25.5 Å². The summed E-state index contributed by atoms with van der Waals surface area (Å²) in [6.45, 7) is -0.299. The molecule has 3 rings (SSSR count). The van der Waals surface area contributed by atoms with Crippen molar-refractivity contribution in [3.63, 3.8) is 0 Å². The van der Waals surface area contributed by atoms with E-state index in [-0.39, 0.29) is 13.2 Å². The zero-order valence-corrected chi connectivity index (χ0v) is 14.5. The van der Waals surface area contributed by atoms with Crippen LogP contribution in [0.25, 0.3) is 0 Å². The van der Waals surface area contributed by atoms with Crippen molar-refractivity contribution < 1.29 is 23.8 Å². The van der Waals surface area contributed by atoms with E-state index in [0.717, 1.165) is 12.8 Å². The summed E-state index contributed by atoms with van der Waals surface area (Å²) in [7, 11) is 2.99. The molecule has 2 aromatic rings. The van der Waals surface area contributed by atoms with E-state index in [0.29, 0.717) is 28.9 Å². The van der Waals surface area contributed by atoms with Gasteiger partial charge in [0.05, 0.1) is 20.3 Å². The number of aromatic nitrogens is 4. The standard InChI is InChI=1S/C16H19N5O5/c1-24-12-6-3-10(7-13(12)25-2)16(23)17-8-15(22)26-9-14-18-19-20-21(14)11-4-5-11/h3,6-7,11H,4-5,8-9H2,1-2H3,(H,17,23). The van der Waals surface area contributed by atoms with Gasteiger partial charge in [-0.05, 0) is 41.5 Å². The summed E-state index contributed by atoms with van der Waals surface area (Å²) in [5.74, 6) is 0.424. The minimum absolute atomic E-state index is 0.0332. The molecule has 1 aliphatic rings. The number of benzene rings is 1. The first-order chi connectivity index (χ1) is 12.6. The molecule has 26 heavy (non-hydrogen) atoms. The molecule has 0 aliphatic heterocycles. The van der Waals surface area contributed by atoms with Crippen molar-refractivity contribution in [3.05, 3.63) is 29.6 Å². The number of carbonyl (C=O) groups is 2. The predicted octanol–water partition coefficient (Wildman–Crippen LogP) is 0.498. The van der Waals surface area contributed by atoms with Crippen LogP contribution in [-0.4, -0.2) is 52.8 Å². The lowest BCUT2D eigenvalue weighted by molar-refractivity contribution is -0.144. The minimum Gasteiger partial charge on any atom is -0.493 e. The van der Waals surface area contributed by atoms with Gasteiger partial charge in [-0.3, -0.25) is 9.59 Å². The zero-order valence-electron chi connectivity index (χ0n) is 14.5. The molecule has 1 heterocycles. The van der Waals surface area contributed by atoms with E-state index in [1.807, 2.05) is 0 Å². The Morgan fingerprint density at radius 2 is 2.00 bits per heavy atom. The van der Waals surface area contributed by atoms with Gasteiger partial charge in [-0.1, -0.05) is 0 Å². The summed E-state index contributed by atoms with van der Waals surface area (Å²) in [4.78, 5) is 24.0. The number of hydrogen-bond acceptors (Lipinski definition) is 8. The monoisotopic (exact) mass is 361 g/mol. The lowest BCUT2D eigenvalue weighted by Crippen LogP contribution is -2.30. The Morgan fingerprint density at radius 3 is 2.69 bits per heavy atom. The van der Waals surface area contributed by atoms with Crippen LogP contribution in [0, 0.1) is 0 Å². The van der Waals surface area contributed by atoms with E-state index < -0.39 is 11.9 Å². The molecule has 1 aromatic heterocycles. The molecular weight excluding hydrogens is 342 g/mol. The van der Waals surface area contributed by atoms with Crippen LogP contribution < -0.4 is 14.8 Å². The number of rotatable bonds is 8. The van der Waals surface area contributed by atoms with E-state index in [2.05, 4.69) is 20.8 Å². The number of tetrazole rings is 1. The molecule has 10 nitrogen and oxygen atoms in total. The maximum atomic E-state index is 12.1. The van der Waals surface area contributed by atoms with Crippen molar-refractivity contribution in [3.8, 4) is 11.5 Å². The molecule has 0 bridgehead atoms. The molecule has 1 amide bonds. The molecule has 1 fully saturated rings. The first-order valence-corrected chi connectivity index (χ1v) is 8.05. The molecule has 0 radical (unpaired) electrons. The van der Waals surface area contributed by atoms with Crippen molar-refractivity contribution >= 4 is 11.9 Å². The maximum absolute atomic E-state index is 12.1. The summed E-state index contributed by atoms with van der Waals surface area (Å²) >= 11 is 0. The number of nitrogens with one attached hydrogen (secondary N) is 1. The van der Waals surface area contributed by atoms with Gasteiger partial charge in [-0.15, -0.1) is 5.10 Å². The van der Waals surface area contributed by atoms with E-state index in [1.54, 1.807) is 16.8 Å². The third kappa shape index (κ3) is 4.08. The van der Waals surface area contributed by atoms with E-state index in [9.17, 15) is 9.59 Å². The molecule has 1 N–H and O–H groups in total. The van der Waals surface area contributed by atoms with Crippen LogP contribution in [0.3, 0.4) is 0 Å². The molecule has 1 saturated carbocycles. The number of esters is 1. The fourth-order valence-corrected chi connectivity index (χ4v) is 2.34. The Balaban J connectivity index is 1.49. The van der Waals surface area contributed by atoms with Crippen molar-refractivity contribution in [1.29, 1.82) is 0 Å². The number of carbonyl (C=O) groups excluding carboxylic acids is 2. The molecule has 0 spiro atoms. The van der Waals surface area contributed by atoms with E-state index in [1.165, 1.54) is 20.3 Å². The molecular formula is C16H19N5O5. The lowest BCUT2D eigenvalue weighted by atomic mass is 10.2. The van der Waals surface area contributed by atoms with Crippen LogP contribution >= 0.6 is 0 Å². The van der Waals surface area contributed by atoms with E-state index in [4.69, 9.17) is 14.2 Å². The average Bonchev–Trinajstić information content (AvgIpc) is 3.41. The third-order valence-electron chi connectivity index (χ3n) is 3.85. The van der Waals surface area contributed by atoms with Crippen LogP contribution in [0.15, 0.2) is 18.2 Å². The van der Waals surface area contributed by atoms with Crippen LogP contribution in [0.5, 0.6) is 11.5 Å². The largest absolute Gasteiger partial charge is 0.493 e. The van der Waals surface area contributed by atoms with Gasteiger partial charge in [0.25, 0.3) is 5.91 Å². The van der Waals surface area contributed by atoms with E-state index >= 15 is 0 Å². The number of amides is 1. The molecule has 0 saturated heterocycles. The summed E-state index contributed by atoms with van der Waals surface area (Å²) in [5, 5.41) is 13.8. The van der Waals surface area contributed by atoms with Crippen LogP contribution in [0.1, 0.15) is 35.1 Å². The SMILES string of the molecule is COc1ccc(C(=O)NCC(=O)OCc2nnnn2C2CC2)cc1OC. The summed E-state index contributed by atoms with van der Waals surface area (Å²) < 4.78 is 17.0. The Labute approximate surface area is 149 Å². The number of hydrogen-bond donors (Lipinski definition) is 1. The fraction of sp³-hybridized carbons (Fsp3) is 0.438. The van der Waals surface area contributed by atoms with Gasteiger partial charge in [0, 0.05) is 5.56 Å². The second-order valence-electron chi connectivity index (χ2n) is 5.68. The van der Waals surface area contributed by atoms with Crippen molar-refractivity contribution in [2.45, 2.75) is 25.5 Å². The molecule has 138 valence electrons. The third-order valence-corrected chi connectivity index (χ3v) is 3.85. The highest BCUT2D eigenvalue weighted by molar-refractivity contribution is 5.96. The molecule has 0 unspecified atom stereocenters. The Bertz CT molecular complexity index is 802. The normalized spacial score (nSPS) is 13.2. The second kappa shape index (κ2) is 7.81. The van der Waals surface area contributed by atoms with Gasteiger partial charge in [-0.2, -0.15) is 0 Å². The number of methoxy groups -OCH3 is 2. The van der Waals surface area contributed by atoms with Crippen LogP contribution in [0.4, 0.5) is 0 Å². The first kappa shape index (κ1) is 17.6. The average molecular weight is 361 g/mol. The fourth-order valence-electron chi connectivity index (χ4n) is 2.34. The van der Waals surface area contributed by atoms with Gasteiger partial charge >= 0.3 is 5.97 Å². The number of nitrogens with zero attached hydrogens (tertiary/aromatic N) is 4. The van der Waals surface area contributed by atoms with Crippen molar-refractivity contribution in [2.24, 2.45) is 0 Å². The van der Waals surface area contributed by atoms with Crippen molar-refractivity contribution in [2.75, 3.05) is 20.8 Å². The van der Waals surface area contributed by atoms with Gasteiger partial charge in [-0.25, -0.2) is 4.68 Å². The highest BCUT2D eigenvalue weighted by atomic mass is 16.5. The first-order valence-electron chi connectivity index (χ1n) is 8.05. The lowest BCUT2D eigenvalue weighted by Gasteiger charge is -2.10. The molecule has 10 heteroatoms. The quantitative estimate of drug-likeness (QED) is 0.675. The van der Waals surface area contributed by atoms with Gasteiger partial charge < -0.3 is 19.5 Å². The van der Waals surface area contributed by atoms with Gasteiger partial charge in [0.15, 0.2) is 23.9 Å².